The highest BCUT2D eigenvalue weighted by Crippen LogP contribution is 2.22. The lowest BCUT2D eigenvalue weighted by molar-refractivity contribution is -0.143. The molecule has 1 aliphatic heterocycles. The van der Waals surface area contributed by atoms with Gasteiger partial charge in [0.2, 0.25) is 5.91 Å². The second-order valence-corrected chi connectivity index (χ2v) is 4.81. The predicted molar refractivity (Wildman–Crippen MR) is 64.7 cm³/mol. The third-order valence-corrected chi connectivity index (χ3v) is 3.13. The average Bonchev–Trinajstić information content (AvgIpc) is 2.34. The smallest absolute Gasteiger partial charge is 0.258 e. The van der Waals surface area contributed by atoms with Gasteiger partial charge in [0.1, 0.15) is 17.9 Å². The third kappa shape index (κ3) is 2.21. The number of amides is 3. The van der Waals surface area contributed by atoms with Crippen molar-refractivity contribution >= 4 is 17.7 Å². The zero-order valence-electron chi connectivity index (χ0n) is 10.6. The van der Waals surface area contributed by atoms with E-state index in [0.29, 0.717) is 0 Å². The van der Waals surface area contributed by atoms with Crippen molar-refractivity contribution in [3.05, 3.63) is 35.6 Å². The quantitative estimate of drug-likeness (QED) is 0.759. The maximum Gasteiger partial charge on any atom is 0.258 e. The monoisotopic (exact) mass is 264 g/mol. The number of hydrogen-bond donors (Lipinski definition) is 1. The molecule has 5 nitrogen and oxygen atoms in total. The van der Waals surface area contributed by atoms with E-state index in [9.17, 15) is 18.8 Å². The van der Waals surface area contributed by atoms with Gasteiger partial charge in [-0.15, -0.1) is 0 Å². The minimum absolute atomic E-state index is 0.155. The van der Waals surface area contributed by atoms with Gasteiger partial charge in [-0.3, -0.25) is 19.7 Å². The van der Waals surface area contributed by atoms with Crippen LogP contribution < -0.4 is 5.32 Å². The largest absolute Gasteiger partial charge is 0.315 e. The van der Waals surface area contributed by atoms with Crippen LogP contribution in [0.5, 0.6) is 0 Å². The molecule has 0 spiro atoms. The van der Waals surface area contributed by atoms with Gasteiger partial charge in [-0.05, 0) is 26.0 Å². The Hall–Kier alpha value is -2.24. The maximum atomic E-state index is 13.6. The lowest BCUT2D eigenvalue weighted by Crippen LogP contribution is -2.65. The van der Waals surface area contributed by atoms with Gasteiger partial charge in [0.25, 0.3) is 11.8 Å². The molecule has 2 rings (SSSR count). The number of halogens is 1. The highest BCUT2D eigenvalue weighted by atomic mass is 19.1. The van der Waals surface area contributed by atoms with Crippen molar-refractivity contribution in [2.45, 2.75) is 19.4 Å². The van der Waals surface area contributed by atoms with Crippen LogP contribution in [-0.4, -0.2) is 34.7 Å². The summed E-state index contributed by atoms with van der Waals surface area (Å²) in [6, 6.07) is 5.47. The van der Waals surface area contributed by atoms with E-state index in [-0.39, 0.29) is 12.1 Å². The minimum atomic E-state index is -1.20. The molecule has 0 saturated carbocycles. The number of rotatable bonds is 1. The second kappa shape index (κ2) is 4.46. The van der Waals surface area contributed by atoms with Gasteiger partial charge in [0.15, 0.2) is 0 Å². The van der Waals surface area contributed by atoms with E-state index >= 15 is 0 Å². The lowest BCUT2D eigenvalue weighted by atomic mass is 9.97. The Morgan fingerprint density at radius 2 is 1.95 bits per heavy atom. The van der Waals surface area contributed by atoms with Gasteiger partial charge in [0, 0.05) is 0 Å². The van der Waals surface area contributed by atoms with Crippen molar-refractivity contribution in [3.63, 3.8) is 0 Å². The molecule has 1 heterocycles. The Morgan fingerprint density at radius 1 is 1.32 bits per heavy atom. The zero-order valence-corrected chi connectivity index (χ0v) is 10.6. The Labute approximate surface area is 109 Å². The molecule has 19 heavy (non-hydrogen) atoms. The van der Waals surface area contributed by atoms with Crippen molar-refractivity contribution < 1.29 is 18.8 Å². The van der Waals surface area contributed by atoms with Crippen molar-refractivity contribution in [3.8, 4) is 0 Å². The topological polar surface area (TPSA) is 66.5 Å². The Kier molecular flexibility index (Phi) is 3.09. The first-order valence-corrected chi connectivity index (χ1v) is 5.75. The Balaban J connectivity index is 2.40. The molecule has 0 bridgehead atoms. The van der Waals surface area contributed by atoms with Gasteiger partial charge < -0.3 is 4.90 Å². The van der Waals surface area contributed by atoms with E-state index in [2.05, 4.69) is 5.32 Å². The van der Waals surface area contributed by atoms with Crippen LogP contribution in [-0.2, 0) is 9.59 Å². The SMILES string of the molecule is CC1(C)C(=O)NC(=O)CN1C(=O)c1ccccc1F. The van der Waals surface area contributed by atoms with E-state index in [1.54, 1.807) is 0 Å². The van der Waals surface area contributed by atoms with Crippen LogP contribution in [0.1, 0.15) is 24.2 Å². The molecule has 0 atom stereocenters. The molecule has 1 aromatic carbocycles. The molecule has 0 aliphatic carbocycles. The van der Waals surface area contributed by atoms with E-state index in [4.69, 9.17) is 0 Å². The van der Waals surface area contributed by atoms with E-state index < -0.39 is 29.1 Å². The van der Waals surface area contributed by atoms with Gasteiger partial charge in [-0.2, -0.15) is 0 Å². The fourth-order valence-electron chi connectivity index (χ4n) is 1.89. The normalized spacial score (nSPS) is 18.2. The molecule has 100 valence electrons. The van der Waals surface area contributed by atoms with E-state index in [1.165, 1.54) is 32.0 Å². The fourth-order valence-corrected chi connectivity index (χ4v) is 1.89. The maximum absolute atomic E-state index is 13.6. The number of piperazine rings is 1. The summed E-state index contributed by atoms with van der Waals surface area (Å²) in [7, 11) is 0. The molecule has 3 amide bonds. The summed E-state index contributed by atoms with van der Waals surface area (Å²) in [6.45, 7) is 2.74. The third-order valence-electron chi connectivity index (χ3n) is 3.13. The molecular weight excluding hydrogens is 251 g/mol. The summed E-state index contributed by atoms with van der Waals surface area (Å²) in [4.78, 5) is 36.5. The number of imide groups is 1. The van der Waals surface area contributed by atoms with Crippen LogP contribution in [0.4, 0.5) is 4.39 Å². The van der Waals surface area contributed by atoms with Gasteiger partial charge >= 0.3 is 0 Å². The summed E-state index contributed by atoms with van der Waals surface area (Å²) < 4.78 is 13.6. The molecule has 0 unspecified atom stereocenters. The summed E-state index contributed by atoms with van der Waals surface area (Å²) >= 11 is 0. The molecule has 6 heteroatoms. The molecule has 1 N–H and O–H groups in total. The fraction of sp³-hybridized carbons (Fsp3) is 0.308. The highest BCUT2D eigenvalue weighted by molar-refractivity contribution is 6.08. The van der Waals surface area contributed by atoms with E-state index in [0.717, 1.165) is 11.0 Å². The summed E-state index contributed by atoms with van der Waals surface area (Å²) in [5.41, 5.74) is -1.36. The standard InChI is InChI=1S/C13H13FN2O3/c1-13(2)12(19)15-10(17)7-16(13)11(18)8-5-3-4-6-9(8)14/h3-6H,7H2,1-2H3,(H,15,17,19). The Morgan fingerprint density at radius 3 is 2.58 bits per heavy atom. The molecule has 1 aromatic rings. The van der Waals surface area contributed by atoms with Crippen LogP contribution >= 0.6 is 0 Å². The number of nitrogens with zero attached hydrogens (tertiary/aromatic N) is 1. The molecular formula is C13H13FN2O3. The summed E-state index contributed by atoms with van der Waals surface area (Å²) in [6.07, 6.45) is 0. The number of benzene rings is 1. The second-order valence-electron chi connectivity index (χ2n) is 4.81. The average molecular weight is 264 g/mol. The first-order chi connectivity index (χ1) is 8.84. The van der Waals surface area contributed by atoms with Gasteiger partial charge in [-0.1, -0.05) is 12.1 Å². The van der Waals surface area contributed by atoms with Crippen LogP contribution in [0.25, 0.3) is 0 Å². The molecule has 0 radical (unpaired) electrons. The zero-order chi connectivity index (χ0) is 14.2. The number of nitrogens with one attached hydrogen (secondary N) is 1. The minimum Gasteiger partial charge on any atom is -0.315 e. The summed E-state index contributed by atoms with van der Waals surface area (Å²) in [5.74, 6) is -2.50. The lowest BCUT2D eigenvalue weighted by Gasteiger charge is -2.40. The van der Waals surface area contributed by atoms with Crippen LogP contribution in [0.3, 0.4) is 0 Å². The number of hydrogen-bond acceptors (Lipinski definition) is 3. The van der Waals surface area contributed by atoms with Crippen LogP contribution in [0, 0.1) is 5.82 Å². The van der Waals surface area contributed by atoms with Gasteiger partial charge in [-0.25, -0.2) is 4.39 Å². The molecule has 1 saturated heterocycles. The van der Waals surface area contributed by atoms with Crippen LogP contribution in [0.15, 0.2) is 24.3 Å². The highest BCUT2D eigenvalue weighted by Gasteiger charge is 2.44. The molecule has 1 fully saturated rings. The van der Waals surface area contributed by atoms with Crippen LogP contribution in [0.2, 0.25) is 0 Å². The first-order valence-electron chi connectivity index (χ1n) is 5.75. The van der Waals surface area contributed by atoms with Crippen molar-refractivity contribution in [1.29, 1.82) is 0 Å². The van der Waals surface area contributed by atoms with Crippen molar-refractivity contribution in [2.75, 3.05) is 6.54 Å². The van der Waals surface area contributed by atoms with Crippen molar-refractivity contribution in [1.82, 2.24) is 10.2 Å². The Bertz CT molecular complexity index is 569. The number of carbonyl (C=O) groups is 3. The van der Waals surface area contributed by atoms with Gasteiger partial charge in [0.05, 0.1) is 5.56 Å². The van der Waals surface area contributed by atoms with E-state index in [1.807, 2.05) is 0 Å². The first kappa shape index (κ1) is 13.2. The molecule has 0 aromatic heterocycles. The molecule has 1 aliphatic rings. The van der Waals surface area contributed by atoms with Crippen molar-refractivity contribution in [2.24, 2.45) is 0 Å². The number of carbonyl (C=O) groups excluding carboxylic acids is 3. The predicted octanol–water partition coefficient (Wildman–Crippen LogP) is 0.703. The summed E-state index contributed by atoms with van der Waals surface area (Å²) in [5, 5.41) is 2.15.